The summed E-state index contributed by atoms with van der Waals surface area (Å²) in [6, 6.07) is 0. The molecule has 4 aliphatic rings. The van der Waals surface area contributed by atoms with Gasteiger partial charge in [0.1, 0.15) is 17.8 Å². The number of rotatable bonds is 5. The second-order valence-corrected chi connectivity index (χ2v) is 11.1. The van der Waals surface area contributed by atoms with E-state index in [1.165, 1.54) is 21.1 Å². The van der Waals surface area contributed by atoms with Crippen LogP contribution in [0.2, 0.25) is 0 Å². The minimum absolute atomic E-state index is 0.232. The fraction of sp³-hybridized carbons (Fsp3) is 0.833. The van der Waals surface area contributed by atoms with E-state index < -0.39 is 82.1 Å². The average molecular weight is 483 g/mol. The minimum Gasteiger partial charge on any atom is -0.469 e. The highest BCUT2D eigenvalue weighted by Gasteiger charge is 2.93. The molecule has 2 saturated heterocycles. The van der Waals surface area contributed by atoms with Crippen LogP contribution in [-0.4, -0.2) is 73.7 Å². The summed E-state index contributed by atoms with van der Waals surface area (Å²) >= 11 is 0. The van der Waals surface area contributed by atoms with Gasteiger partial charge in [-0.1, -0.05) is 27.7 Å². The summed E-state index contributed by atoms with van der Waals surface area (Å²) in [6.45, 7) is 8.62. The maximum Gasteiger partial charge on any atom is 0.338 e. The van der Waals surface area contributed by atoms with Crippen molar-refractivity contribution in [1.82, 2.24) is 0 Å². The van der Waals surface area contributed by atoms with Gasteiger partial charge >= 0.3 is 17.9 Å². The number of esters is 3. The van der Waals surface area contributed by atoms with E-state index in [1.54, 1.807) is 6.92 Å². The van der Waals surface area contributed by atoms with Crippen molar-refractivity contribution in [3.05, 3.63) is 0 Å². The van der Waals surface area contributed by atoms with Gasteiger partial charge in [0.2, 0.25) is 6.29 Å². The third-order valence-corrected chi connectivity index (χ3v) is 8.92. The average Bonchev–Trinajstić information content (AvgIpc) is 3.36. The molecule has 4 rings (SSSR count). The molecule has 0 aromatic rings. The minimum atomic E-state index is -1.69. The Morgan fingerprint density at radius 3 is 2.41 bits per heavy atom. The van der Waals surface area contributed by atoms with Gasteiger partial charge < -0.3 is 33.6 Å². The molecule has 0 aromatic heterocycles. The summed E-state index contributed by atoms with van der Waals surface area (Å²) in [5.41, 5.74) is -5.09. The van der Waals surface area contributed by atoms with E-state index in [9.17, 15) is 24.3 Å². The van der Waals surface area contributed by atoms with E-state index in [0.717, 1.165) is 0 Å². The van der Waals surface area contributed by atoms with Crippen LogP contribution in [0.1, 0.15) is 47.5 Å². The summed E-state index contributed by atoms with van der Waals surface area (Å²) in [5, 5.41) is 12.0. The summed E-state index contributed by atoms with van der Waals surface area (Å²) in [6.07, 6.45) is -3.64. The Morgan fingerprint density at radius 1 is 1.26 bits per heavy atom. The number of carbonyl (C=O) groups excluding carboxylic acids is 4. The lowest BCUT2D eigenvalue weighted by molar-refractivity contribution is -0.212. The van der Waals surface area contributed by atoms with Gasteiger partial charge in [-0.2, -0.15) is 0 Å². The highest BCUT2D eigenvalue weighted by Crippen LogP contribution is 2.80. The van der Waals surface area contributed by atoms with E-state index in [1.807, 2.05) is 20.8 Å². The van der Waals surface area contributed by atoms with Crippen molar-refractivity contribution < 1.29 is 48.0 Å². The van der Waals surface area contributed by atoms with Gasteiger partial charge in [-0.15, -0.1) is 0 Å². The lowest BCUT2D eigenvalue weighted by Gasteiger charge is -2.48. The maximum atomic E-state index is 13.0. The SMILES string of the molecule is COC(=O)C(C)[C@H]1CCC23C(O)[C@H](OC(C)=O)[C@@H](C(C)(C)C)C24C(OC(=O)[C@@H]4OC)OC13C=O. The second-order valence-electron chi connectivity index (χ2n) is 11.1. The fourth-order valence-corrected chi connectivity index (χ4v) is 8.17. The molecule has 1 N–H and O–H groups in total. The van der Waals surface area contributed by atoms with Gasteiger partial charge in [0.15, 0.2) is 12.4 Å². The Bertz CT molecular complexity index is 910. The third kappa shape index (κ3) is 2.62. The summed E-state index contributed by atoms with van der Waals surface area (Å²) in [7, 11) is 2.63. The lowest BCUT2D eigenvalue weighted by Crippen LogP contribution is -2.61. The number of hydrogen-bond acceptors (Lipinski definition) is 10. The number of ether oxygens (including phenoxy) is 5. The van der Waals surface area contributed by atoms with E-state index >= 15 is 0 Å². The highest BCUT2D eigenvalue weighted by atomic mass is 16.7. The molecule has 190 valence electrons. The number of hydrogen-bond donors (Lipinski definition) is 1. The summed E-state index contributed by atoms with van der Waals surface area (Å²) < 4.78 is 28.4. The Hall–Kier alpha value is -2.04. The molecule has 0 radical (unpaired) electrons. The van der Waals surface area contributed by atoms with Crippen LogP contribution < -0.4 is 0 Å². The van der Waals surface area contributed by atoms with Gasteiger partial charge in [0.25, 0.3) is 0 Å². The largest absolute Gasteiger partial charge is 0.469 e. The third-order valence-electron chi connectivity index (χ3n) is 8.92. The molecule has 10 heteroatoms. The molecule has 34 heavy (non-hydrogen) atoms. The van der Waals surface area contributed by atoms with Crippen LogP contribution in [0.5, 0.6) is 0 Å². The molecule has 4 fully saturated rings. The number of aldehydes is 1. The molecule has 2 aliphatic carbocycles. The molecular weight excluding hydrogens is 448 g/mol. The zero-order valence-electron chi connectivity index (χ0n) is 20.7. The van der Waals surface area contributed by atoms with Crippen LogP contribution in [0.15, 0.2) is 0 Å². The van der Waals surface area contributed by atoms with Crippen molar-refractivity contribution in [3.63, 3.8) is 0 Å². The first-order chi connectivity index (χ1) is 15.8. The van der Waals surface area contributed by atoms with Crippen LogP contribution in [-0.2, 0) is 42.9 Å². The predicted octanol–water partition coefficient (Wildman–Crippen LogP) is 1.01. The molecule has 2 saturated carbocycles. The first-order valence-corrected chi connectivity index (χ1v) is 11.6. The monoisotopic (exact) mass is 482 g/mol. The van der Waals surface area contributed by atoms with Gasteiger partial charge in [-0.25, -0.2) is 4.79 Å². The molecule has 0 aromatic carbocycles. The quantitative estimate of drug-likeness (QED) is 0.344. The Morgan fingerprint density at radius 2 is 1.91 bits per heavy atom. The standard InChI is InChI=1S/C24H34O10/c1-11(18(28)31-7)13-8-9-22-16(27)14(32-12(2)26)15(21(3,4)5)24(22)17(30-6)19(29)33-20(24)34-23(13,22)10-25/h10-11,13-17,20,27H,8-9H2,1-7H3/t11?,13-,14-,15+,16?,17+,20?,22?,23?,24?/m1/s1. The second kappa shape index (κ2) is 7.73. The number of carbonyl (C=O) groups is 4. The van der Waals surface area contributed by atoms with Gasteiger partial charge in [-0.3, -0.25) is 9.59 Å². The number of methoxy groups -OCH3 is 2. The normalized spacial score (nSPS) is 45.7. The lowest BCUT2D eigenvalue weighted by atomic mass is 9.51. The molecule has 2 heterocycles. The smallest absolute Gasteiger partial charge is 0.338 e. The predicted molar refractivity (Wildman–Crippen MR) is 114 cm³/mol. The maximum absolute atomic E-state index is 13.0. The Balaban J connectivity index is 2.04. The topological polar surface area (TPSA) is 135 Å². The fourth-order valence-electron chi connectivity index (χ4n) is 8.17. The van der Waals surface area contributed by atoms with Gasteiger partial charge in [-0.05, 0) is 18.3 Å². The van der Waals surface area contributed by atoms with Gasteiger partial charge in [0.05, 0.1) is 23.9 Å². The van der Waals surface area contributed by atoms with E-state index in [2.05, 4.69) is 0 Å². The van der Waals surface area contributed by atoms with Crippen LogP contribution in [0.25, 0.3) is 0 Å². The van der Waals surface area contributed by atoms with E-state index in [-0.39, 0.29) is 6.42 Å². The van der Waals surface area contributed by atoms with Crippen LogP contribution >= 0.6 is 0 Å². The first-order valence-electron chi connectivity index (χ1n) is 11.6. The Labute approximate surface area is 198 Å². The molecule has 2 spiro atoms. The van der Waals surface area contributed by atoms with Crippen LogP contribution in [0, 0.1) is 34.0 Å². The molecule has 10 atom stereocenters. The molecule has 6 unspecified atom stereocenters. The molecule has 0 bridgehead atoms. The van der Waals surface area contributed by atoms with Crippen molar-refractivity contribution in [2.24, 2.45) is 34.0 Å². The first kappa shape index (κ1) is 25.1. The van der Waals surface area contributed by atoms with Crippen molar-refractivity contribution in [2.75, 3.05) is 14.2 Å². The summed E-state index contributed by atoms with van der Waals surface area (Å²) in [5.74, 6) is -3.86. The van der Waals surface area contributed by atoms with E-state index in [0.29, 0.717) is 12.7 Å². The molecule has 10 nitrogen and oxygen atoms in total. The number of aliphatic hydroxyl groups excluding tert-OH is 1. The zero-order valence-corrected chi connectivity index (χ0v) is 20.7. The van der Waals surface area contributed by atoms with Crippen molar-refractivity contribution in [3.8, 4) is 0 Å². The van der Waals surface area contributed by atoms with E-state index in [4.69, 9.17) is 23.7 Å². The highest BCUT2D eigenvalue weighted by molar-refractivity contribution is 5.83. The van der Waals surface area contributed by atoms with Crippen LogP contribution in [0.4, 0.5) is 0 Å². The molecule has 2 aliphatic heterocycles. The Kier molecular flexibility index (Phi) is 5.70. The molecule has 0 amide bonds. The van der Waals surface area contributed by atoms with Crippen molar-refractivity contribution in [1.29, 1.82) is 0 Å². The van der Waals surface area contributed by atoms with Gasteiger partial charge in [0, 0.05) is 25.9 Å². The zero-order chi connectivity index (χ0) is 25.4. The van der Waals surface area contributed by atoms with Crippen LogP contribution in [0.3, 0.4) is 0 Å². The number of aliphatic hydroxyl groups is 1. The van der Waals surface area contributed by atoms with Crippen molar-refractivity contribution >= 4 is 24.2 Å². The summed E-state index contributed by atoms with van der Waals surface area (Å²) in [4.78, 5) is 50.8. The molecular formula is C24H34O10. The van der Waals surface area contributed by atoms with Crippen molar-refractivity contribution in [2.45, 2.75) is 77.7 Å².